The first-order valence-electron chi connectivity index (χ1n) is 5.65. The molecule has 0 aromatic heterocycles. The van der Waals surface area contributed by atoms with Crippen LogP contribution in [0, 0.1) is 11.3 Å². The molecular formula is C11H21N3. The second kappa shape index (κ2) is 3.54. The fourth-order valence-corrected chi connectivity index (χ4v) is 2.22. The van der Waals surface area contributed by atoms with Crippen LogP contribution in [-0.4, -0.2) is 47.9 Å². The van der Waals surface area contributed by atoms with E-state index in [1.165, 1.54) is 12.8 Å². The third kappa shape index (κ3) is 1.78. The predicted molar refractivity (Wildman–Crippen MR) is 58.7 cm³/mol. The number of nitrogens with zero attached hydrogens (tertiary/aromatic N) is 2. The highest BCUT2D eigenvalue weighted by molar-refractivity contribution is 5.83. The highest BCUT2D eigenvalue weighted by Crippen LogP contribution is 2.32. The lowest BCUT2D eigenvalue weighted by Gasteiger charge is -2.43. The van der Waals surface area contributed by atoms with Crippen LogP contribution >= 0.6 is 0 Å². The molecule has 1 saturated carbocycles. The molecule has 2 aliphatic rings. The Morgan fingerprint density at radius 1 is 1.14 bits per heavy atom. The van der Waals surface area contributed by atoms with Crippen molar-refractivity contribution in [2.75, 3.05) is 20.1 Å². The fraction of sp³-hybridized carbons (Fsp3) is 0.909. The van der Waals surface area contributed by atoms with Crippen LogP contribution in [0.4, 0.5) is 0 Å². The molecule has 0 aromatic rings. The van der Waals surface area contributed by atoms with Crippen molar-refractivity contribution in [3.8, 4) is 0 Å². The van der Waals surface area contributed by atoms with Crippen molar-refractivity contribution < 1.29 is 0 Å². The lowest BCUT2D eigenvalue weighted by Crippen LogP contribution is -2.56. The van der Waals surface area contributed by atoms with Gasteiger partial charge in [0.25, 0.3) is 0 Å². The average molecular weight is 195 g/mol. The van der Waals surface area contributed by atoms with Crippen molar-refractivity contribution in [3.63, 3.8) is 0 Å². The molecule has 1 saturated heterocycles. The molecule has 0 amide bonds. The first-order valence-corrected chi connectivity index (χ1v) is 5.65. The largest absolute Gasteiger partial charge is 0.357 e. The highest BCUT2D eigenvalue weighted by Gasteiger charge is 2.34. The normalized spacial score (nSPS) is 34.6. The van der Waals surface area contributed by atoms with E-state index in [9.17, 15) is 0 Å². The molecular weight excluding hydrogens is 174 g/mol. The van der Waals surface area contributed by atoms with Crippen LogP contribution < -0.4 is 0 Å². The summed E-state index contributed by atoms with van der Waals surface area (Å²) in [7, 11) is 2.19. The Balaban J connectivity index is 1.97. The van der Waals surface area contributed by atoms with Crippen LogP contribution in [0.5, 0.6) is 0 Å². The Labute approximate surface area is 86.6 Å². The summed E-state index contributed by atoms with van der Waals surface area (Å²) in [6.45, 7) is 6.58. The molecule has 14 heavy (non-hydrogen) atoms. The van der Waals surface area contributed by atoms with Gasteiger partial charge < -0.3 is 4.90 Å². The van der Waals surface area contributed by atoms with Gasteiger partial charge in [0.05, 0.1) is 5.84 Å². The van der Waals surface area contributed by atoms with Crippen LogP contribution in [0.1, 0.15) is 26.7 Å². The first kappa shape index (κ1) is 9.97. The Kier molecular flexibility index (Phi) is 2.52. The molecule has 2 rings (SSSR count). The molecule has 0 bridgehead atoms. The van der Waals surface area contributed by atoms with Gasteiger partial charge in [-0.05, 0) is 33.7 Å². The maximum Gasteiger partial charge on any atom is 0.0990 e. The second-order valence-electron chi connectivity index (χ2n) is 4.93. The first-order chi connectivity index (χ1) is 6.59. The fourth-order valence-electron chi connectivity index (χ4n) is 2.22. The maximum atomic E-state index is 8.05. The summed E-state index contributed by atoms with van der Waals surface area (Å²) in [6, 6.07) is 1.16. The molecule has 1 aliphatic heterocycles. The minimum Gasteiger partial charge on any atom is -0.357 e. The molecule has 3 nitrogen and oxygen atoms in total. The van der Waals surface area contributed by atoms with Crippen LogP contribution in [0.25, 0.3) is 0 Å². The summed E-state index contributed by atoms with van der Waals surface area (Å²) in [5, 5.41) is 8.05. The SMILES string of the molecule is CC1CN(C(=N)C2CC2)CC(C)N1C. The van der Waals surface area contributed by atoms with E-state index in [4.69, 9.17) is 5.41 Å². The van der Waals surface area contributed by atoms with Gasteiger partial charge in [0, 0.05) is 31.1 Å². The zero-order chi connectivity index (χ0) is 10.3. The maximum absolute atomic E-state index is 8.05. The monoisotopic (exact) mass is 195 g/mol. The average Bonchev–Trinajstić information content (AvgIpc) is 2.95. The zero-order valence-corrected chi connectivity index (χ0v) is 9.45. The lowest BCUT2D eigenvalue weighted by atomic mass is 10.1. The Bertz CT molecular complexity index is 223. The number of rotatable bonds is 1. The van der Waals surface area contributed by atoms with Gasteiger partial charge >= 0.3 is 0 Å². The number of nitrogens with one attached hydrogen (secondary N) is 1. The number of amidine groups is 1. The number of hydrogen-bond donors (Lipinski definition) is 1. The number of likely N-dealkylation sites (N-methyl/N-ethyl adjacent to an activating group) is 1. The van der Waals surface area contributed by atoms with Gasteiger partial charge in [-0.1, -0.05) is 0 Å². The minimum absolute atomic E-state index is 0.581. The van der Waals surface area contributed by atoms with Crippen LogP contribution in [0.2, 0.25) is 0 Å². The molecule has 80 valence electrons. The standard InChI is InChI=1S/C11H21N3/c1-8-6-14(7-9(2)13(8)3)11(12)10-4-5-10/h8-10,12H,4-7H2,1-3H3. The summed E-state index contributed by atoms with van der Waals surface area (Å²) in [5.41, 5.74) is 0. The lowest BCUT2D eigenvalue weighted by molar-refractivity contribution is 0.0968. The predicted octanol–water partition coefficient (Wildman–Crippen LogP) is 1.40. The third-order valence-corrected chi connectivity index (χ3v) is 3.66. The highest BCUT2D eigenvalue weighted by atomic mass is 15.3. The van der Waals surface area contributed by atoms with Crippen molar-refractivity contribution in [3.05, 3.63) is 0 Å². The van der Waals surface area contributed by atoms with Crippen LogP contribution in [0.15, 0.2) is 0 Å². The van der Waals surface area contributed by atoms with Crippen LogP contribution in [0.3, 0.4) is 0 Å². The Hall–Kier alpha value is -0.570. The summed E-state index contributed by atoms with van der Waals surface area (Å²) in [5.74, 6) is 1.50. The van der Waals surface area contributed by atoms with Gasteiger partial charge in [0.2, 0.25) is 0 Å². The van der Waals surface area contributed by atoms with Gasteiger partial charge in [0.15, 0.2) is 0 Å². The van der Waals surface area contributed by atoms with E-state index in [0.29, 0.717) is 18.0 Å². The van der Waals surface area contributed by atoms with Crippen molar-refractivity contribution >= 4 is 5.84 Å². The molecule has 3 heteroatoms. The summed E-state index contributed by atoms with van der Waals surface area (Å²) in [6.07, 6.45) is 2.49. The van der Waals surface area contributed by atoms with E-state index in [0.717, 1.165) is 18.9 Å². The van der Waals surface area contributed by atoms with Gasteiger partial charge in [-0.15, -0.1) is 0 Å². The molecule has 1 heterocycles. The molecule has 2 atom stereocenters. The van der Waals surface area contributed by atoms with E-state index in [1.54, 1.807) is 0 Å². The van der Waals surface area contributed by atoms with Crippen molar-refractivity contribution in [2.45, 2.75) is 38.8 Å². The van der Waals surface area contributed by atoms with Crippen molar-refractivity contribution in [1.82, 2.24) is 9.80 Å². The van der Waals surface area contributed by atoms with Gasteiger partial charge in [-0.25, -0.2) is 0 Å². The van der Waals surface area contributed by atoms with Crippen LogP contribution in [-0.2, 0) is 0 Å². The van der Waals surface area contributed by atoms with Crippen molar-refractivity contribution in [1.29, 1.82) is 5.41 Å². The van der Waals surface area contributed by atoms with E-state index < -0.39 is 0 Å². The number of hydrogen-bond acceptors (Lipinski definition) is 2. The third-order valence-electron chi connectivity index (χ3n) is 3.66. The van der Waals surface area contributed by atoms with Crippen molar-refractivity contribution in [2.24, 2.45) is 5.92 Å². The number of piperazine rings is 1. The van der Waals surface area contributed by atoms with Gasteiger partial charge in [-0.2, -0.15) is 0 Å². The quantitative estimate of drug-likeness (QED) is 0.506. The molecule has 0 spiro atoms. The smallest absolute Gasteiger partial charge is 0.0990 e. The van der Waals surface area contributed by atoms with E-state index in [-0.39, 0.29) is 0 Å². The minimum atomic E-state index is 0.581. The molecule has 1 aliphatic carbocycles. The summed E-state index contributed by atoms with van der Waals surface area (Å²) >= 11 is 0. The van der Waals surface area contributed by atoms with E-state index in [1.807, 2.05) is 0 Å². The summed E-state index contributed by atoms with van der Waals surface area (Å²) < 4.78 is 0. The van der Waals surface area contributed by atoms with Gasteiger partial charge in [-0.3, -0.25) is 10.3 Å². The molecule has 1 N–H and O–H groups in total. The second-order valence-corrected chi connectivity index (χ2v) is 4.93. The Morgan fingerprint density at radius 3 is 2.07 bits per heavy atom. The topological polar surface area (TPSA) is 30.3 Å². The van der Waals surface area contributed by atoms with Gasteiger partial charge in [0.1, 0.15) is 0 Å². The molecule has 0 radical (unpaired) electrons. The molecule has 0 aromatic carbocycles. The zero-order valence-electron chi connectivity index (χ0n) is 9.45. The summed E-state index contributed by atoms with van der Waals surface area (Å²) in [4.78, 5) is 4.70. The molecule has 2 fully saturated rings. The Morgan fingerprint density at radius 2 is 1.64 bits per heavy atom. The molecule has 2 unspecified atom stereocenters. The van der Waals surface area contributed by atoms with E-state index >= 15 is 0 Å². The van der Waals surface area contributed by atoms with E-state index in [2.05, 4.69) is 30.7 Å².